The van der Waals surface area contributed by atoms with Crippen LogP contribution in [0.1, 0.15) is 35.5 Å². The minimum Gasteiger partial charge on any atom is -0.459 e. The van der Waals surface area contributed by atoms with Crippen LogP contribution in [0.5, 0.6) is 0 Å². The maximum atomic E-state index is 14.6. The number of hydrogen-bond donors (Lipinski definition) is 2. The molecule has 2 aromatic carbocycles. The monoisotopic (exact) mass is 578 g/mol. The number of hydrogen-bond acceptors (Lipinski definition) is 4. The molecular formula is C28H24BrFN4O2S. The molecule has 1 saturated heterocycles. The second-order valence-electron chi connectivity index (χ2n) is 8.81. The van der Waals surface area contributed by atoms with E-state index in [1.54, 1.807) is 24.4 Å². The van der Waals surface area contributed by atoms with Gasteiger partial charge in [-0.15, -0.1) is 0 Å². The number of carbonyl (C=O) groups excluding carboxylic acids is 1. The summed E-state index contributed by atoms with van der Waals surface area (Å²) in [5.74, 6) is 0.501. The lowest BCUT2D eigenvalue weighted by atomic mass is 10.0. The van der Waals surface area contributed by atoms with E-state index in [0.717, 1.165) is 16.9 Å². The Labute approximate surface area is 228 Å². The first kappa shape index (κ1) is 25.1. The summed E-state index contributed by atoms with van der Waals surface area (Å²) in [7, 11) is 0. The largest absolute Gasteiger partial charge is 0.459 e. The number of thiocarbonyl (C=S) groups is 1. The first-order chi connectivity index (χ1) is 17.9. The predicted octanol–water partition coefficient (Wildman–Crippen LogP) is 6.55. The highest BCUT2D eigenvalue weighted by atomic mass is 79.9. The van der Waals surface area contributed by atoms with E-state index in [1.807, 2.05) is 60.4 Å². The van der Waals surface area contributed by atoms with Gasteiger partial charge in [0.25, 0.3) is 0 Å². The van der Waals surface area contributed by atoms with Gasteiger partial charge in [0, 0.05) is 29.3 Å². The van der Waals surface area contributed by atoms with Crippen molar-refractivity contribution in [2.45, 2.75) is 25.4 Å². The van der Waals surface area contributed by atoms with Gasteiger partial charge in [0.1, 0.15) is 23.4 Å². The van der Waals surface area contributed by atoms with Crippen molar-refractivity contribution in [3.8, 4) is 11.3 Å². The number of nitrogens with zero attached hydrogens (tertiary/aromatic N) is 2. The fraction of sp³-hybridized carbons (Fsp3) is 0.179. The zero-order valence-corrected chi connectivity index (χ0v) is 22.4. The van der Waals surface area contributed by atoms with E-state index in [4.69, 9.17) is 16.6 Å². The van der Waals surface area contributed by atoms with Gasteiger partial charge in [-0.1, -0.05) is 34.1 Å². The summed E-state index contributed by atoms with van der Waals surface area (Å²) in [5, 5.41) is 6.78. The molecule has 0 radical (unpaired) electrons. The Bertz CT molecular complexity index is 1450. The number of anilines is 1. The molecule has 6 nitrogen and oxygen atoms in total. The van der Waals surface area contributed by atoms with Crippen LogP contribution in [0.25, 0.3) is 11.3 Å². The van der Waals surface area contributed by atoms with Gasteiger partial charge in [-0.3, -0.25) is 9.78 Å². The van der Waals surface area contributed by atoms with Crippen molar-refractivity contribution in [3.05, 3.63) is 106 Å². The van der Waals surface area contributed by atoms with E-state index in [-0.39, 0.29) is 30.2 Å². The van der Waals surface area contributed by atoms with Crippen LogP contribution in [0.4, 0.5) is 10.1 Å². The Hall–Kier alpha value is -3.56. The van der Waals surface area contributed by atoms with Gasteiger partial charge in [0.2, 0.25) is 5.91 Å². The SMILES string of the molecule is Cc1cccc(NC(=O)CCN2C(=S)N[C@H](c3ccccn3)[C@@H]2c2ccc(-c3ccc(Br)cc3F)o2)c1. The summed E-state index contributed by atoms with van der Waals surface area (Å²) in [5.41, 5.74) is 2.97. The maximum absolute atomic E-state index is 14.6. The van der Waals surface area contributed by atoms with Gasteiger partial charge >= 0.3 is 0 Å². The lowest BCUT2D eigenvalue weighted by Gasteiger charge is -2.25. The average Bonchev–Trinajstić information content (AvgIpc) is 3.47. The van der Waals surface area contributed by atoms with E-state index in [9.17, 15) is 9.18 Å². The molecule has 2 N–H and O–H groups in total. The maximum Gasteiger partial charge on any atom is 0.226 e. The number of carbonyl (C=O) groups is 1. The molecule has 37 heavy (non-hydrogen) atoms. The summed E-state index contributed by atoms with van der Waals surface area (Å²) >= 11 is 8.97. The number of aryl methyl sites for hydroxylation is 1. The van der Waals surface area contributed by atoms with E-state index >= 15 is 0 Å². The van der Waals surface area contributed by atoms with Gasteiger partial charge in [-0.05, 0) is 79.3 Å². The lowest BCUT2D eigenvalue weighted by Crippen LogP contribution is -2.32. The lowest BCUT2D eigenvalue weighted by molar-refractivity contribution is -0.116. The van der Waals surface area contributed by atoms with Gasteiger partial charge in [0.15, 0.2) is 5.11 Å². The molecule has 3 heterocycles. The summed E-state index contributed by atoms with van der Waals surface area (Å²) in [6.07, 6.45) is 1.94. The Kier molecular flexibility index (Phi) is 7.34. The van der Waals surface area contributed by atoms with E-state index in [2.05, 4.69) is 31.5 Å². The molecule has 188 valence electrons. The summed E-state index contributed by atoms with van der Waals surface area (Å²) in [6, 6.07) is 21.1. The molecule has 1 amide bonds. The van der Waals surface area contributed by atoms with Crippen LogP contribution >= 0.6 is 28.1 Å². The smallest absolute Gasteiger partial charge is 0.226 e. The topological polar surface area (TPSA) is 70.4 Å². The summed E-state index contributed by atoms with van der Waals surface area (Å²) in [4.78, 5) is 19.2. The van der Waals surface area contributed by atoms with Crippen LogP contribution in [0.2, 0.25) is 0 Å². The number of pyridine rings is 1. The number of nitrogens with one attached hydrogen (secondary N) is 2. The fourth-order valence-electron chi connectivity index (χ4n) is 4.47. The van der Waals surface area contributed by atoms with E-state index in [0.29, 0.717) is 33.2 Å². The molecule has 2 aromatic heterocycles. The molecular weight excluding hydrogens is 555 g/mol. The van der Waals surface area contributed by atoms with E-state index < -0.39 is 0 Å². The highest BCUT2D eigenvalue weighted by Gasteiger charge is 2.41. The molecule has 1 fully saturated rings. The number of aromatic nitrogens is 1. The van der Waals surface area contributed by atoms with Crippen molar-refractivity contribution in [1.82, 2.24) is 15.2 Å². The minimum absolute atomic E-state index is 0.120. The normalized spacial score (nSPS) is 17.1. The molecule has 0 spiro atoms. The van der Waals surface area contributed by atoms with Crippen LogP contribution in [-0.2, 0) is 4.79 Å². The minimum atomic E-state index is -0.388. The van der Waals surface area contributed by atoms with E-state index in [1.165, 1.54) is 6.07 Å². The Morgan fingerprint density at radius 1 is 1.16 bits per heavy atom. The number of furan rings is 1. The molecule has 0 saturated carbocycles. The van der Waals surface area contributed by atoms with Crippen LogP contribution in [0.3, 0.4) is 0 Å². The third-order valence-corrected chi connectivity index (χ3v) is 7.04. The number of amides is 1. The quantitative estimate of drug-likeness (QED) is 0.242. The van der Waals surface area contributed by atoms with Crippen LogP contribution < -0.4 is 10.6 Å². The van der Waals surface area contributed by atoms with Crippen LogP contribution in [-0.4, -0.2) is 27.4 Å². The molecule has 0 bridgehead atoms. The summed E-state index contributed by atoms with van der Waals surface area (Å²) < 4.78 is 21.5. The van der Waals surface area contributed by atoms with Crippen LogP contribution in [0.15, 0.2) is 87.9 Å². The Balaban J connectivity index is 1.41. The van der Waals surface area contributed by atoms with Crippen molar-refractivity contribution in [3.63, 3.8) is 0 Å². The first-order valence-corrected chi connectivity index (χ1v) is 13.0. The first-order valence-electron chi connectivity index (χ1n) is 11.8. The molecule has 1 aliphatic heterocycles. The van der Waals surface area contributed by atoms with Crippen LogP contribution in [0, 0.1) is 12.7 Å². The van der Waals surface area contributed by atoms with Gasteiger partial charge in [-0.25, -0.2) is 4.39 Å². The summed E-state index contributed by atoms with van der Waals surface area (Å²) in [6.45, 7) is 2.34. The highest BCUT2D eigenvalue weighted by molar-refractivity contribution is 9.10. The van der Waals surface area contributed by atoms with Gasteiger partial charge < -0.3 is 20.0 Å². The van der Waals surface area contributed by atoms with Crippen molar-refractivity contribution in [2.75, 3.05) is 11.9 Å². The zero-order valence-electron chi connectivity index (χ0n) is 19.9. The fourth-order valence-corrected chi connectivity index (χ4v) is 5.13. The standard InChI is InChI=1S/C28H24BrFN4O2S/c1-17-5-4-6-19(15-17)32-25(35)12-14-34-27(26(33-28(34)37)22-7-2-3-13-31-22)24-11-10-23(36-24)20-9-8-18(29)16-21(20)30/h2-11,13,15-16,26-27H,12,14H2,1H3,(H,32,35)(H,33,37)/t26-,27+/m1/s1. The predicted molar refractivity (Wildman–Crippen MR) is 148 cm³/mol. The molecule has 0 unspecified atom stereocenters. The average molecular weight is 579 g/mol. The molecule has 0 aliphatic carbocycles. The van der Waals surface area contributed by atoms with Gasteiger partial charge in [-0.2, -0.15) is 0 Å². The van der Waals surface area contributed by atoms with Gasteiger partial charge in [0.05, 0.1) is 17.3 Å². The number of benzene rings is 2. The number of halogens is 2. The second kappa shape index (κ2) is 10.8. The second-order valence-corrected chi connectivity index (χ2v) is 10.1. The highest BCUT2D eigenvalue weighted by Crippen LogP contribution is 2.41. The molecule has 1 aliphatic rings. The van der Waals surface area contributed by atoms with Crippen molar-refractivity contribution < 1.29 is 13.6 Å². The molecule has 4 aromatic rings. The van der Waals surface area contributed by atoms with Crippen molar-refractivity contribution >= 4 is 44.9 Å². The number of rotatable bonds is 7. The molecule has 9 heteroatoms. The third-order valence-electron chi connectivity index (χ3n) is 6.19. The molecule has 5 rings (SSSR count). The molecule has 2 atom stereocenters. The Morgan fingerprint density at radius 3 is 2.78 bits per heavy atom. The van der Waals surface area contributed by atoms with Crippen molar-refractivity contribution in [2.24, 2.45) is 0 Å². The van der Waals surface area contributed by atoms with Crippen molar-refractivity contribution in [1.29, 1.82) is 0 Å². The third kappa shape index (κ3) is 5.57. The zero-order chi connectivity index (χ0) is 25.9. The Morgan fingerprint density at radius 2 is 2.03 bits per heavy atom.